The molecular weight excluding hydrogens is 736 g/mol. The van der Waals surface area contributed by atoms with Crippen LogP contribution in [0.1, 0.15) is 84.1 Å². The van der Waals surface area contributed by atoms with Gasteiger partial charge < -0.3 is 36.6 Å². The first-order valence-electron chi connectivity index (χ1n) is 13.4. The first-order valence-corrected chi connectivity index (χ1v) is 24.0. The topological polar surface area (TPSA) is 132 Å². The fraction of sp³-hybridized carbons (Fsp3) is 0.867. The van der Waals surface area contributed by atoms with Crippen LogP contribution in [0, 0.1) is 0 Å². The summed E-state index contributed by atoms with van der Waals surface area (Å²) in [4.78, 5) is 9.05. The minimum atomic E-state index is -4.41. The van der Waals surface area contributed by atoms with Gasteiger partial charge in [-0.3, -0.25) is 12.2 Å². The second-order valence-corrected chi connectivity index (χ2v) is 25.9. The van der Waals surface area contributed by atoms with Crippen LogP contribution in [-0.2, 0) is 33.0 Å². The maximum atomic E-state index is 10.6. The van der Waals surface area contributed by atoms with Crippen LogP contribution in [0.4, 0.5) is 0 Å². The number of unbranched alkanes of at least 4 members (excludes halogenated alkanes) is 2. The molecule has 0 amide bonds. The third-order valence-corrected chi connectivity index (χ3v) is 7.86. The number of halogens is 2. The van der Waals surface area contributed by atoms with Crippen LogP contribution in [0.5, 0.6) is 0 Å². The fourth-order valence-electron chi connectivity index (χ4n) is 2.53. The van der Waals surface area contributed by atoms with Crippen LogP contribution >= 0.6 is 11.1 Å². The van der Waals surface area contributed by atoms with E-state index in [0.717, 1.165) is 27.6 Å². The molecule has 0 fully saturated rings. The van der Waals surface area contributed by atoms with Gasteiger partial charge in [0, 0.05) is 52.0 Å². The van der Waals surface area contributed by atoms with E-state index in [2.05, 4.69) is 104 Å². The van der Waals surface area contributed by atoms with E-state index in [1.54, 1.807) is 19.6 Å². The van der Waals surface area contributed by atoms with Crippen molar-refractivity contribution in [2.24, 2.45) is 0 Å². The van der Waals surface area contributed by atoms with Gasteiger partial charge >= 0.3 is 10.4 Å². The lowest BCUT2D eigenvalue weighted by atomic mass is 10.3. The Hall–Kier alpha value is -0.566. The molecule has 2 aliphatic rings. The molecule has 0 spiro atoms. The lowest BCUT2D eigenvalue weighted by Gasteiger charge is -2.17. The minimum Gasteiger partial charge on any atom is -1.00 e. The maximum Gasteiger partial charge on any atom is 0.389 e. The monoisotopic (exact) mass is 814 g/mol. The minimum absolute atomic E-state index is 0. The Kier molecular flexibility index (Phi) is 57.3. The molecule has 0 aliphatic carbocycles. The molecule has 0 N–H and O–H groups in total. The van der Waals surface area contributed by atoms with Gasteiger partial charge in [0.2, 0.25) is 18.7 Å². The highest BCUT2D eigenvalue weighted by Gasteiger charge is 2.23. The van der Waals surface area contributed by atoms with Gasteiger partial charge in [0.25, 0.3) is 0 Å². The van der Waals surface area contributed by atoms with Gasteiger partial charge in [0.15, 0.2) is 0 Å². The molecule has 0 aromatic carbocycles. The molecule has 18 heteroatoms. The standard InChI is InChI=1S/2C8H16N2.C4H12O4SSi.C3H9ClSi.CH4O4S.6CH4.ClH/c2*1-3-4-5-10-7-6-9(2)8-10;1-7-9(5,6)8-10(2,3)4;1-5(2,3)4;1-5-6(2,3)4;;;;;;;/h2*6-7H,3-5,8H2,1-2H3;1-4H3;1-3H3;1H3,(H,2,3,4);6*1H4;1H/p-2. The molecule has 48 heavy (non-hydrogen) atoms. The lowest BCUT2D eigenvalue weighted by Crippen LogP contribution is -3.00. The predicted molar refractivity (Wildman–Crippen MR) is 213 cm³/mol. The smallest absolute Gasteiger partial charge is 0.389 e. The van der Waals surface area contributed by atoms with Crippen LogP contribution < -0.4 is 12.4 Å². The average molecular weight is 816 g/mol. The highest BCUT2D eigenvalue weighted by Crippen LogP contribution is 2.08. The number of rotatable bonds is 10. The van der Waals surface area contributed by atoms with Crippen molar-refractivity contribution in [3.05, 3.63) is 24.8 Å². The zero-order valence-corrected chi connectivity index (χ0v) is 32.7. The van der Waals surface area contributed by atoms with Gasteiger partial charge in [-0.2, -0.15) is 19.5 Å². The molecule has 0 saturated carbocycles. The summed E-state index contributed by atoms with van der Waals surface area (Å²) in [5, 5.41) is 0. The van der Waals surface area contributed by atoms with E-state index in [9.17, 15) is 21.4 Å². The van der Waals surface area contributed by atoms with Crippen LogP contribution in [0.15, 0.2) is 24.8 Å². The van der Waals surface area contributed by atoms with Crippen molar-refractivity contribution in [3.63, 3.8) is 0 Å². The summed E-state index contributed by atoms with van der Waals surface area (Å²) in [5.74, 6) is 0. The molecule has 2 heterocycles. The second kappa shape index (κ2) is 37.7. The highest BCUT2D eigenvalue weighted by atomic mass is 35.6. The Labute approximate surface area is 314 Å². The SMILES string of the molecule is C.C.C.C.C.C.CCCCN1C=CN(C)C1.CCCCN1C=CN(C)C1.COS(=O)(=O)O[Si](C)(C)C.COS(=O)(=O)[O-].C[Si](C)(C)Cl.[Cl-]. The normalized spacial score (nSPS) is 12.6. The van der Waals surface area contributed by atoms with E-state index in [1.165, 1.54) is 38.8 Å². The van der Waals surface area contributed by atoms with Crippen molar-refractivity contribution in [2.75, 3.05) is 54.7 Å². The van der Waals surface area contributed by atoms with Crippen molar-refractivity contribution in [2.45, 2.75) is 123 Å². The van der Waals surface area contributed by atoms with Crippen LogP contribution in [0.2, 0.25) is 39.3 Å². The summed E-state index contributed by atoms with van der Waals surface area (Å²) in [6, 6.07) is 0. The van der Waals surface area contributed by atoms with Crippen molar-refractivity contribution in [1.29, 1.82) is 0 Å². The van der Waals surface area contributed by atoms with E-state index in [0.29, 0.717) is 0 Å². The predicted octanol–water partition coefficient (Wildman–Crippen LogP) is 5.63. The van der Waals surface area contributed by atoms with E-state index in [-0.39, 0.29) is 57.0 Å². The molecule has 0 unspecified atom stereocenters. The van der Waals surface area contributed by atoms with Crippen molar-refractivity contribution in [1.82, 2.24) is 19.6 Å². The first-order chi connectivity index (χ1) is 18.5. The first kappa shape index (κ1) is 73.0. The zero-order valence-electron chi connectivity index (χ0n) is 27.6. The second-order valence-electron chi connectivity index (χ2n) is 11.1. The van der Waals surface area contributed by atoms with Gasteiger partial charge in [-0.05, 0) is 32.5 Å². The molecule has 2 rings (SSSR count). The molecule has 2 aliphatic heterocycles. The summed E-state index contributed by atoms with van der Waals surface area (Å²) >= 11 is 5.67. The lowest BCUT2D eigenvalue weighted by molar-refractivity contribution is -0.0000232. The number of hydrogen-bond donors (Lipinski definition) is 0. The molecule has 12 nitrogen and oxygen atoms in total. The third-order valence-electron chi connectivity index (χ3n) is 4.23. The molecule has 304 valence electrons. The van der Waals surface area contributed by atoms with Gasteiger partial charge in [-0.1, -0.05) is 90.9 Å². The van der Waals surface area contributed by atoms with Gasteiger partial charge in [-0.25, -0.2) is 8.42 Å². The van der Waals surface area contributed by atoms with Crippen LogP contribution in [0.25, 0.3) is 0 Å². The molecule has 0 aromatic heterocycles. The zero-order chi connectivity index (χ0) is 32.9. The van der Waals surface area contributed by atoms with Gasteiger partial charge in [0.1, 0.15) is 7.38 Å². The molecule has 0 atom stereocenters. The Morgan fingerprint density at radius 3 is 1.08 bits per heavy atom. The summed E-state index contributed by atoms with van der Waals surface area (Å²) in [5.41, 5.74) is 0. The Morgan fingerprint density at radius 2 is 0.958 bits per heavy atom. The van der Waals surface area contributed by atoms with E-state index < -0.39 is 36.5 Å². The Balaban J connectivity index is -0.0000000463. The summed E-state index contributed by atoms with van der Waals surface area (Å²) in [7, 11) is -5.21. The fourth-order valence-corrected chi connectivity index (χ4v) is 5.25. The van der Waals surface area contributed by atoms with Crippen LogP contribution in [0.3, 0.4) is 0 Å². The Bertz CT molecular complexity index is 902. The summed E-state index contributed by atoms with van der Waals surface area (Å²) in [6.45, 7) is 20.6. The third kappa shape index (κ3) is 64.0. The van der Waals surface area contributed by atoms with Crippen molar-refractivity contribution < 1.29 is 46.0 Å². The van der Waals surface area contributed by atoms with E-state index in [4.69, 9.17) is 11.1 Å². The number of nitrogens with zero attached hydrogens (tertiary/aromatic N) is 4. The Morgan fingerprint density at radius 1 is 0.688 bits per heavy atom. The van der Waals surface area contributed by atoms with Crippen molar-refractivity contribution in [3.8, 4) is 0 Å². The van der Waals surface area contributed by atoms with Gasteiger partial charge in [-0.15, -0.1) is 0 Å². The summed E-state index contributed by atoms with van der Waals surface area (Å²) in [6.07, 6.45) is 13.7. The maximum absolute atomic E-state index is 10.6. The quantitative estimate of drug-likeness (QED) is 0.117. The van der Waals surface area contributed by atoms with Gasteiger partial charge in [0.05, 0.1) is 27.6 Å². The molecule has 0 radical (unpaired) electrons. The average Bonchev–Trinajstić information content (AvgIpc) is 3.42. The molecule has 0 aromatic rings. The molecule has 0 saturated heterocycles. The number of hydrogen-bond acceptors (Lipinski definition) is 12. The summed E-state index contributed by atoms with van der Waals surface area (Å²) < 4.78 is 61.0. The largest absolute Gasteiger partial charge is 1.00 e. The highest BCUT2D eigenvalue weighted by molar-refractivity contribution is 7.83. The van der Waals surface area contributed by atoms with E-state index >= 15 is 0 Å². The molecule has 0 bridgehead atoms. The van der Waals surface area contributed by atoms with E-state index in [1.807, 2.05) is 0 Å². The molecular formula is C30H80Cl2N4O8S2Si2-2. The van der Waals surface area contributed by atoms with Crippen molar-refractivity contribution >= 4 is 47.6 Å². The van der Waals surface area contributed by atoms with Crippen LogP contribution in [-0.4, -0.2) is 111 Å².